The zero-order valence-electron chi connectivity index (χ0n) is 9.29. The Labute approximate surface area is 90.7 Å². The Balaban J connectivity index is 2.37. The van der Waals surface area contributed by atoms with Gasteiger partial charge in [0.1, 0.15) is 0 Å². The fraction of sp³-hybridized carbons (Fsp3) is 0.429. The minimum Gasteiger partial charge on any atom is -0.344 e. The fourth-order valence-corrected chi connectivity index (χ4v) is 2.93. The van der Waals surface area contributed by atoms with E-state index in [1.807, 2.05) is 0 Å². The van der Waals surface area contributed by atoms with Crippen LogP contribution in [0.25, 0.3) is 10.9 Å². The van der Waals surface area contributed by atoms with Crippen LogP contribution in [0.15, 0.2) is 24.3 Å². The van der Waals surface area contributed by atoms with Gasteiger partial charge in [0.25, 0.3) is 0 Å². The maximum Gasteiger partial charge on any atom is 0.0485 e. The number of aromatic nitrogens is 1. The molecule has 1 aromatic heterocycles. The predicted octanol–water partition coefficient (Wildman–Crippen LogP) is 3.54. The minimum absolute atomic E-state index is 1.17. The molecule has 0 radical (unpaired) electrons. The van der Waals surface area contributed by atoms with Crippen LogP contribution in [0.4, 0.5) is 0 Å². The van der Waals surface area contributed by atoms with Crippen LogP contribution >= 0.6 is 0 Å². The summed E-state index contributed by atoms with van der Waals surface area (Å²) in [6, 6.07) is 8.86. The summed E-state index contributed by atoms with van der Waals surface area (Å²) in [6.45, 7) is 3.49. The van der Waals surface area contributed by atoms with Gasteiger partial charge in [-0.15, -0.1) is 0 Å². The van der Waals surface area contributed by atoms with Gasteiger partial charge in [0, 0.05) is 23.1 Å². The van der Waals surface area contributed by atoms with Gasteiger partial charge in [0.15, 0.2) is 0 Å². The molecule has 0 N–H and O–H groups in total. The van der Waals surface area contributed by atoms with Crippen LogP contribution < -0.4 is 0 Å². The second-order valence-electron chi connectivity index (χ2n) is 4.40. The summed E-state index contributed by atoms with van der Waals surface area (Å²) in [6.07, 6.45) is 5.15. The lowest BCUT2D eigenvalue weighted by Crippen LogP contribution is -2.10. The minimum atomic E-state index is 1.17. The lowest BCUT2D eigenvalue weighted by Gasteiger charge is -2.16. The van der Waals surface area contributed by atoms with Gasteiger partial charge in [-0.1, -0.05) is 25.1 Å². The van der Waals surface area contributed by atoms with Gasteiger partial charge in [-0.25, -0.2) is 0 Å². The normalized spacial score (nSPS) is 15.5. The van der Waals surface area contributed by atoms with Gasteiger partial charge in [0.2, 0.25) is 0 Å². The summed E-state index contributed by atoms with van der Waals surface area (Å²) < 4.78 is 2.54. The van der Waals surface area contributed by atoms with Crippen molar-refractivity contribution in [2.45, 2.75) is 39.2 Å². The highest BCUT2D eigenvalue weighted by Gasteiger charge is 2.17. The molecule has 0 bridgehead atoms. The van der Waals surface area contributed by atoms with Crippen LogP contribution in [-0.2, 0) is 19.4 Å². The highest BCUT2D eigenvalue weighted by atomic mass is 15.0. The number of hydrogen-bond donors (Lipinski definition) is 0. The van der Waals surface area contributed by atoms with Crippen LogP contribution in [0.1, 0.15) is 31.0 Å². The molecule has 0 spiro atoms. The maximum atomic E-state index is 2.54. The van der Waals surface area contributed by atoms with Gasteiger partial charge in [-0.05, 0) is 37.3 Å². The molecule has 15 heavy (non-hydrogen) atoms. The number of para-hydroxylation sites is 1. The van der Waals surface area contributed by atoms with Gasteiger partial charge in [-0.3, -0.25) is 0 Å². The van der Waals surface area contributed by atoms with Crippen LogP contribution in [-0.4, -0.2) is 4.57 Å². The van der Waals surface area contributed by atoms with Crippen molar-refractivity contribution >= 4 is 10.9 Å². The van der Waals surface area contributed by atoms with Crippen molar-refractivity contribution in [3.63, 3.8) is 0 Å². The Bertz CT molecular complexity index is 460. The van der Waals surface area contributed by atoms with Crippen molar-refractivity contribution in [3.8, 4) is 0 Å². The van der Waals surface area contributed by atoms with E-state index in [1.54, 1.807) is 11.3 Å². The molecule has 1 nitrogen and oxygen atoms in total. The zero-order valence-corrected chi connectivity index (χ0v) is 9.29. The molecular formula is C14H17N. The van der Waals surface area contributed by atoms with Crippen LogP contribution in [0.2, 0.25) is 0 Å². The lowest BCUT2D eigenvalue weighted by molar-refractivity contribution is 0.541. The molecule has 0 saturated heterocycles. The molecular weight excluding hydrogens is 182 g/mol. The molecule has 1 heteroatoms. The van der Waals surface area contributed by atoms with Crippen molar-refractivity contribution in [2.75, 3.05) is 0 Å². The van der Waals surface area contributed by atoms with Crippen molar-refractivity contribution < 1.29 is 0 Å². The summed E-state index contributed by atoms with van der Waals surface area (Å²) in [5.74, 6) is 0. The van der Waals surface area contributed by atoms with E-state index < -0.39 is 0 Å². The Hall–Kier alpha value is -1.24. The van der Waals surface area contributed by atoms with Gasteiger partial charge >= 0.3 is 0 Å². The van der Waals surface area contributed by atoms with Crippen LogP contribution in [0, 0.1) is 0 Å². The lowest BCUT2D eigenvalue weighted by atomic mass is 10.0. The first-order valence-electron chi connectivity index (χ1n) is 6.01. The van der Waals surface area contributed by atoms with Crippen molar-refractivity contribution in [3.05, 3.63) is 35.5 Å². The molecule has 1 aromatic carbocycles. The summed E-state index contributed by atoms with van der Waals surface area (Å²) in [5.41, 5.74) is 4.64. The van der Waals surface area contributed by atoms with Gasteiger partial charge in [-0.2, -0.15) is 0 Å². The van der Waals surface area contributed by atoms with E-state index in [0.29, 0.717) is 0 Å². The van der Waals surface area contributed by atoms with E-state index in [4.69, 9.17) is 0 Å². The Morgan fingerprint density at radius 1 is 1.20 bits per heavy atom. The van der Waals surface area contributed by atoms with Crippen molar-refractivity contribution in [1.82, 2.24) is 4.57 Å². The Morgan fingerprint density at radius 2 is 2.07 bits per heavy atom. The van der Waals surface area contributed by atoms with E-state index in [-0.39, 0.29) is 0 Å². The first-order chi connectivity index (χ1) is 7.42. The first-order valence-corrected chi connectivity index (χ1v) is 6.01. The maximum absolute atomic E-state index is 2.54. The number of fused-ring (bicyclic) bond motifs is 3. The molecule has 2 aromatic rings. The van der Waals surface area contributed by atoms with Crippen molar-refractivity contribution in [2.24, 2.45) is 0 Å². The largest absolute Gasteiger partial charge is 0.344 e. The first kappa shape index (κ1) is 9.02. The second kappa shape index (κ2) is 3.41. The smallest absolute Gasteiger partial charge is 0.0485 e. The number of rotatable bonds is 1. The molecule has 1 aliphatic rings. The zero-order chi connectivity index (χ0) is 10.3. The van der Waals surface area contributed by atoms with Gasteiger partial charge in [0.05, 0.1) is 0 Å². The second-order valence-corrected chi connectivity index (χ2v) is 4.40. The van der Waals surface area contributed by atoms with E-state index in [1.165, 1.54) is 43.1 Å². The molecule has 0 amide bonds. The molecule has 3 rings (SSSR count). The standard InChI is InChI=1S/C14H17N/c1-2-11-12-7-3-4-8-14(12)15-10-6-5-9-13(11)15/h3-4,7-8H,2,5-6,9-10H2,1H3. The molecule has 78 valence electrons. The summed E-state index contributed by atoms with van der Waals surface area (Å²) >= 11 is 0. The third-order valence-electron chi connectivity index (χ3n) is 3.59. The molecule has 0 aliphatic carbocycles. The SMILES string of the molecule is CCc1c2n(c3ccccc13)CCCC2. The van der Waals surface area contributed by atoms with E-state index >= 15 is 0 Å². The quantitative estimate of drug-likeness (QED) is 0.662. The average Bonchev–Trinajstić information content (AvgIpc) is 2.63. The van der Waals surface area contributed by atoms with Crippen LogP contribution in [0.3, 0.4) is 0 Å². The van der Waals surface area contributed by atoms with E-state index in [0.717, 1.165) is 0 Å². The third-order valence-corrected chi connectivity index (χ3v) is 3.59. The number of nitrogens with zero attached hydrogens (tertiary/aromatic N) is 1. The summed E-state index contributed by atoms with van der Waals surface area (Å²) in [4.78, 5) is 0. The molecule has 2 heterocycles. The Kier molecular flexibility index (Phi) is 2.05. The average molecular weight is 199 g/mol. The molecule has 0 fully saturated rings. The topological polar surface area (TPSA) is 4.93 Å². The third kappa shape index (κ3) is 1.22. The van der Waals surface area contributed by atoms with Gasteiger partial charge < -0.3 is 4.57 Å². The Morgan fingerprint density at radius 3 is 2.93 bits per heavy atom. The van der Waals surface area contributed by atoms with Crippen molar-refractivity contribution in [1.29, 1.82) is 0 Å². The number of benzene rings is 1. The van der Waals surface area contributed by atoms with E-state index in [9.17, 15) is 0 Å². The fourth-order valence-electron chi connectivity index (χ4n) is 2.93. The van der Waals surface area contributed by atoms with E-state index in [2.05, 4.69) is 35.8 Å². The highest BCUT2D eigenvalue weighted by molar-refractivity contribution is 5.85. The summed E-state index contributed by atoms with van der Waals surface area (Å²) in [7, 11) is 0. The molecule has 0 saturated carbocycles. The molecule has 0 unspecified atom stereocenters. The number of aryl methyl sites for hydroxylation is 2. The monoisotopic (exact) mass is 199 g/mol. The highest BCUT2D eigenvalue weighted by Crippen LogP contribution is 2.30. The summed E-state index contributed by atoms with van der Waals surface area (Å²) in [5, 5.41) is 1.48. The molecule has 0 atom stereocenters. The molecule has 1 aliphatic heterocycles. The van der Waals surface area contributed by atoms with Crippen LogP contribution in [0.5, 0.6) is 0 Å². The number of hydrogen-bond acceptors (Lipinski definition) is 0. The predicted molar refractivity (Wildman–Crippen MR) is 64.3 cm³/mol.